The number of fused-ring (bicyclic) bond motifs is 1. The topological polar surface area (TPSA) is 107 Å². The molecule has 0 spiro atoms. The number of nitrogens with one attached hydrogen (secondary N) is 1. The van der Waals surface area contributed by atoms with Crippen LogP contribution in [0, 0.1) is 5.92 Å². The molecular weight excluding hydrogens is 300 g/mol. The number of rotatable bonds is 7. The molecule has 1 aliphatic heterocycles. The summed E-state index contributed by atoms with van der Waals surface area (Å²) >= 11 is 0. The van der Waals surface area contributed by atoms with Gasteiger partial charge in [-0.05, 0) is 32.1 Å². The number of allylic oxidation sites excluding steroid dienone is 1. The molecule has 1 fully saturated rings. The number of hydrogen-bond acceptors (Lipinski definition) is 4. The number of carboxylic acids is 2. The number of aliphatic carboxylic acids is 2. The molecule has 0 saturated carbocycles. The highest BCUT2D eigenvalue weighted by atomic mass is 16.4. The van der Waals surface area contributed by atoms with Crippen molar-refractivity contribution >= 4 is 17.8 Å². The standard InChI is InChI=1S/C16H24N2O5/c1-3-5-11(15(20)21)17-9(2)14(19)18-12-7-4-6-10(12)8-13(18)16(22)23/h4,7,9-13,17H,3,5-6,8H2,1-2H3,(H,20,21)(H,22,23)/t9-,10?,11-,12?,13?/m0/s1. The summed E-state index contributed by atoms with van der Waals surface area (Å²) < 4.78 is 0. The van der Waals surface area contributed by atoms with Crippen LogP contribution < -0.4 is 5.32 Å². The first-order valence-corrected chi connectivity index (χ1v) is 8.07. The van der Waals surface area contributed by atoms with Gasteiger partial charge in [-0.1, -0.05) is 25.5 Å². The van der Waals surface area contributed by atoms with E-state index in [0.29, 0.717) is 19.3 Å². The summed E-state index contributed by atoms with van der Waals surface area (Å²) in [6.07, 6.45) is 6.19. The highest BCUT2D eigenvalue weighted by molar-refractivity contribution is 5.88. The van der Waals surface area contributed by atoms with Crippen LogP contribution in [-0.4, -0.2) is 57.1 Å². The van der Waals surface area contributed by atoms with E-state index >= 15 is 0 Å². The molecule has 1 aliphatic carbocycles. The van der Waals surface area contributed by atoms with Crippen LogP contribution in [0.2, 0.25) is 0 Å². The Morgan fingerprint density at radius 1 is 1.35 bits per heavy atom. The predicted octanol–water partition coefficient (Wildman–Crippen LogP) is 0.848. The molecule has 7 nitrogen and oxygen atoms in total. The van der Waals surface area contributed by atoms with Gasteiger partial charge in [0.15, 0.2) is 0 Å². The quantitative estimate of drug-likeness (QED) is 0.599. The normalized spacial score (nSPS) is 28.4. The predicted molar refractivity (Wildman–Crippen MR) is 82.9 cm³/mol. The van der Waals surface area contributed by atoms with Gasteiger partial charge in [0.05, 0.1) is 12.1 Å². The maximum absolute atomic E-state index is 12.7. The van der Waals surface area contributed by atoms with E-state index in [1.165, 1.54) is 4.90 Å². The van der Waals surface area contributed by atoms with Gasteiger partial charge in [-0.15, -0.1) is 0 Å². The lowest BCUT2D eigenvalue weighted by Gasteiger charge is -2.30. The monoisotopic (exact) mass is 324 g/mol. The van der Waals surface area contributed by atoms with Crippen LogP contribution in [0.15, 0.2) is 12.2 Å². The van der Waals surface area contributed by atoms with Crippen LogP contribution in [0.3, 0.4) is 0 Å². The highest BCUT2D eigenvalue weighted by Gasteiger charge is 2.48. The molecule has 7 heteroatoms. The zero-order valence-electron chi connectivity index (χ0n) is 13.4. The Morgan fingerprint density at radius 2 is 2.04 bits per heavy atom. The molecule has 0 bridgehead atoms. The second-order valence-corrected chi connectivity index (χ2v) is 6.32. The van der Waals surface area contributed by atoms with Gasteiger partial charge >= 0.3 is 11.9 Å². The van der Waals surface area contributed by atoms with Crippen molar-refractivity contribution in [3.05, 3.63) is 12.2 Å². The molecule has 2 aliphatic rings. The van der Waals surface area contributed by atoms with Crippen molar-refractivity contribution in [2.45, 2.75) is 63.7 Å². The highest BCUT2D eigenvalue weighted by Crippen LogP contribution is 2.37. The Hall–Kier alpha value is -1.89. The van der Waals surface area contributed by atoms with Crippen LogP contribution in [0.4, 0.5) is 0 Å². The van der Waals surface area contributed by atoms with Crippen molar-refractivity contribution in [1.29, 1.82) is 0 Å². The average molecular weight is 324 g/mol. The molecule has 23 heavy (non-hydrogen) atoms. The first-order valence-electron chi connectivity index (χ1n) is 8.07. The zero-order valence-corrected chi connectivity index (χ0v) is 13.4. The minimum atomic E-state index is -1.00. The molecule has 2 rings (SSSR count). The molecule has 128 valence electrons. The molecule has 5 atom stereocenters. The SMILES string of the molecule is CCC[C@H](N[C@@H](C)C(=O)N1C(C(=O)O)CC2CC=CC21)C(=O)O. The van der Waals surface area contributed by atoms with Gasteiger partial charge in [-0.25, -0.2) is 4.79 Å². The first kappa shape index (κ1) is 17.5. The molecule has 1 heterocycles. The maximum atomic E-state index is 12.7. The Kier molecular flexibility index (Phi) is 5.41. The molecular formula is C16H24N2O5. The summed E-state index contributed by atoms with van der Waals surface area (Å²) in [6.45, 7) is 3.47. The molecule has 0 aromatic carbocycles. The molecule has 1 amide bonds. The van der Waals surface area contributed by atoms with Gasteiger partial charge in [-0.3, -0.25) is 14.9 Å². The van der Waals surface area contributed by atoms with E-state index in [0.717, 1.165) is 6.42 Å². The van der Waals surface area contributed by atoms with E-state index in [-0.39, 0.29) is 17.9 Å². The third-order valence-corrected chi connectivity index (χ3v) is 4.67. The lowest BCUT2D eigenvalue weighted by molar-refractivity contribution is -0.150. The number of carbonyl (C=O) groups is 3. The molecule has 0 aromatic rings. The summed E-state index contributed by atoms with van der Waals surface area (Å²) in [5.41, 5.74) is 0. The van der Waals surface area contributed by atoms with Gasteiger partial charge in [0, 0.05) is 0 Å². The van der Waals surface area contributed by atoms with Gasteiger partial charge in [-0.2, -0.15) is 0 Å². The number of carbonyl (C=O) groups excluding carboxylic acids is 1. The smallest absolute Gasteiger partial charge is 0.326 e. The van der Waals surface area contributed by atoms with Crippen molar-refractivity contribution in [1.82, 2.24) is 10.2 Å². The number of likely N-dealkylation sites (tertiary alicyclic amines) is 1. The molecule has 1 saturated heterocycles. The van der Waals surface area contributed by atoms with Crippen molar-refractivity contribution in [3.8, 4) is 0 Å². The number of carboxylic acid groups (broad SMARTS) is 2. The lowest BCUT2D eigenvalue weighted by atomic mass is 10.0. The fourth-order valence-corrected chi connectivity index (χ4v) is 3.54. The number of hydrogen-bond donors (Lipinski definition) is 3. The summed E-state index contributed by atoms with van der Waals surface area (Å²) in [7, 11) is 0. The Bertz CT molecular complexity index is 519. The van der Waals surface area contributed by atoms with Crippen molar-refractivity contribution in [3.63, 3.8) is 0 Å². The summed E-state index contributed by atoms with van der Waals surface area (Å²) in [5.74, 6) is -2.20. The summed E-state index contributed by atoms with van der Waals surface area (Å²) in [5, 5.41) is 21.4. The van der Waals surface area contributed by atoms with E-state index < -0.39 is 30.1 Å². The van der Waals surface area contributed by atoms with Crippen LogP contribution in [0.1, 0.15) is 39.5 Å². The molecule has 0 aromatic heterocycles. The number of amides is 1. The van der Waals surface area contributed by atoms with Crippen molar-refractivity contribution in [2.75, 3.05) is 0 Å². The van der Waals surface area contributed by atoms with E-state index in [9.17, 15) is 24.6 Å². The molecule has 3 N–H and O–H groups in total. The third-order valence-electron chi connectivity index (χ3n) is 4.67. The third kappa shape index (κ3) is 3.55. The van der Waals surface area contributed by atoms with Crippen molar-refractivity contribution in [2.24, 2.45) is 5.92 Å². The van der Waals surface area contributed by atoms with Gasteiger partial charge in [0.25, 0.3) is 0 Å². The lowest BCUT2D eigenvalue weighted by Crippen LogP contribution is -2.54. The number of nitrogens with zero attached hydrogens (tertiary/aromatic N) is 1. The Morgan fingerprint density at radius 3 is 2.61 bits per heavy atom. The minimum Gasteiger partial charge on any atom is -0.480 e. The maximum Gasteiger partial charge on any atom is 0.326 e. The zero-order chi connectivity index (χ0) is 17.1. The van der Waals surface area contributed by atoms with E-state index in [1.807, 2.05) is 19.1 Å². The summed E-state index contributed by atoms with van der Waals surface area (Å²) in [6, 6.07) is -2.57. The molecule has 3 unspecified atom stereocenters. The van der Waals surface area contributed by atoms with E-state index in [4.69, 9.17) is 0 Å². The summed E-state index contributed by atoms with van der Waals surface area (Å²) in [4.78, 5) is 36.9. The second-order valence-electron chi connectivity index (χ2n) is 6.32. The van der Waals surface area contributed by atoms with Gasteiger partial charge in [0.2, 0.25) is 5.91 Å². The van der Waals surface area contributed by atoms with E-state index in [2.05, 4.69) is 5.32 Å². The Balaban J connectivity index is 2.11. The van der Waals surface area contributed by atoms with E-state index in [1.54, 1.807) is 6.92 Å². The fraction of sp³-hybridized carbons (Fsp3) is 0.688. The van der Waals surface area contributed by atoms with Gasteiger partial charge < -0.3 is 15.1 Å². The second kappa shape index (κ2) is 7.12. The van der Waals surface area contributed by atoms with Crippen molar-refractivity contribution < 1.29 is 24.6 Å². The average Bonchev–Trinajstić information content (AvgIpc) is 3.05. The van der Waals surface area contributed by atoms with Gasteiger partial charge in [0.1, 0.15) is 12.1 Å². The van der Waals surface area contributed by atoms with Crippen LogP contribution in [0.5, 0.6) is 0 Å². The molecule has 0 radical (unpaired) electrons. The van der Waals surface area contributed by atoms with Crippen LogP contribution in [0.25, 0.3) is 0 Å². The first-order chi connectivity index (χ1) is 10.9. The minimum absolute atomic E-state index is 0.151. The van der Waals surface area contributed by atoms with Crippen LogP contribution in [-0.2, 0) is 14.4 Å². The largest absolute Gasteiger partial charge is 0.480 e. The fourth-order valence-electron chi connectivity index (χ4n) is 3.54. The van der Waals surface area contributed by atoms with Crippen LogP contribution >= 0.6 is 0 Å². The Labute approximate surface area is 135 Å².